The number of carbonyl (C=O) groups excluding carboxylic acids is 1. The van der Waals surface area contributed by atoms with E-state index < -0.39 is 5.69 Å². The normalized spacial score (nSPS) is 33.7. The molecular weight excluding hydrogens is 360 g/mol. The third-order valence-electron chi connectivity index (χ3n) is 6.89. The van der Waals surface area contributed by atoms with Crippen LogP contribution in [0.1, 0.15) is 38.5 Å². The lowest BCUT2D eigenvalue weighted by atomic mass is 9.53. The number of nitrogens with one attached hydrogen (secondary N) is 2. The Kier molecular flexibility index (Phi) is 4.53. The van der Waals surface area contributed by atoms with Crippen LogP contribution in [-0.2, 0) is 9.53 Å². The predicted octanol–water partition coefficient (Wildman–Crippen LogP) is 1.07. The van der Waals surface area contributed by atoms with Gasteiger partial charge in [-0.25, -0.2) is 4.79 Å². The van der Waals surface area contributed by atoms with Gasteiger partial charge in [0.25, 0.3) is 5.91 Å². The van der Waals surface area contributed by atoms with Crippen LogP contribution in [0.3, 0.4) is 0 Å². The van der Waals surface area contributed by atoms with Crippen LogP contribution in [0.25, 0.3) is 0 Å². The first-order chi connectivity index (χ1) is 13.6. The first-order valence-corrected chi connectivity index (χ1v) is 10.4. The van der Waals surface area contributed by atoms with E-state index in [4.69, 9.17) is 9.47 Å². The number of nitrogens with zero attached hydrogens (tertiary/aromatic N) is 2. The Morgan fingerprint density at radius 1 is 1.21 bits per heavy atom. The third-order valence-corrected chi connectivity index (χ3v) is 6.89. The molecule has 0 aromatic carbocycles. The maximum absolute atomic E-state index is 12.7. The summed E-state index contributed by atoms with van der Waals surface area (Å²) in [4.78, 5) is 33.0. The van der Waals surface area contributed by atoms with E-state index in [-0.39, 0.29) is 23.9 Å². The number of H-pyrrole nitrogens is 1. The van der Waals surface area contributed by atoms with Crippen molar-refractivity contribution in [3.05, 3.63) is 16.7 Å². The fourth-order valence-corrected chi connectivity index (χ4v) is 6.24. The second-order valence-electron chi connectivity index (χ2n) is 9.03. The van der Waals surface area contributed by atoms with Gasteiger partial charge in [0, 0.05) is 24.8 Å². The van der Waals surface area contributed by atoms with Gasteiger partial charge in [0.2, 0.25) is 5.88 Å². The Morgan fingerprint density at radius 3 is 2.50 bits per heavy atom. The standard InChI is InChI=1S/C20H28N4O4/c25-17(23-20-8-13-5-14(9-20)7-15(6-13)10-20)12-28-18-16(11-21-19(26)22-18)24-1-3-27-4-2-24/h11,13-15H,1-10,12H2,(H,23,25)(H,21,22,26). The number of ether oxygens (including phenoxy) is 2. The van der Waals surface area contributed by atoms with Crippen LogP contribution < -0.4 is 20.6 Å². The van der Waals surface area contributed by atoms with Gasteiger partial charge >= 0.3 is 5.69 Å². The molecule has 0 atom stereocenters. The molecule has 8 heteroatoms. The zero-order valence-electron chi connectivity index (χ0n) is 16.1. The van der Waals surface area contributed by atoms with Gasteiger partial charge in [0.1, 0.15) is 5.69 Å². The first kappa shape index (κ1) is 18.0. The molecule has 28 heavy (non-hydrogen) atoms. The Hall–Kier alpha value is -2.09. The zero-order chi connectivity index (χ0) is 19.1. The maximum atomic E-state index is 12.7. The van der Waals surface area contributed by atoms with Crippen LogP contribution in [0.4, 0.5) is 5.69 Å². The van der Waals surface area contributed by atoms with Crippen LogP contribution in [0.15, 0.2) is 11.0 Å². The number of aromatic nitrogens is 2. The van der Waals surface area contributed by atoms with E-state index in [1.807, 2.05) is 0 Å². The van der Waals surface area contributed by atoms with E-state index in [0.29, 0.717) is 32.0 Å². The molecule has 4 bridgehead atoms. The van der Waals surface area contributed by atoms with Crippen molar-refractivity contribution in [1.29, 1.82) is 0 Å². The van der Waals surface area contributed by atoms with Gasteiger partial charge in [0.05, 0.1) is 13.2 Å². The minimum absolute atomic E-state index is 0.0379. The molecule has 4 saturated carbocycles. The molecule has 2 N–H and O–H groups in total. The van der Waals surface area contributed by atoms with E-state index in [0.717, 1.165) is 37.0 Å². The summed E-state index contributed by atoms with van der Waals surface area (Å²) in [6.45, 7) is 2.51. The minimum Gasteiger partial charge on any atom is -0.466 e. The summed E-state index contributed by atoms with van der Waals surface area (Å²) in [6.07, 6.45) is 8.93. The number of anilines is 1. The van der Waals surface area contributed by atoms with Crippen molar-refractivity contribution in [3.63, 3.8) is 0 Å². The van der Waals surface area contributed by atoms with Gasteiger partial charge in [-0.15, -0.1) is 0 Å². The van der Waals surface area contributed by atoms with Crippen molar-refractivity contribution in [2.45, 2.75) is 44.1 Å². The molecule has 0 spiro atoms. The predicted molar refractivity (Wildman–Crippen MR) is 102 cm³/mol. The van der Waals surface area contributed by atoms with Crippen LogP contribution >= 0.6 is 0 Å². The molecular formula is C20H28N4O4. The van der Waals surface area contributed by atoms with Gasteiger partial charge in [0.15, 0.2) is 6.61 Å². The highest BCUT2D eigenvalue weighted by molar-refractivity contribution is 5.78. The van der Waals surface area contributed by atoms with Gasteiger partial charge in [-0.2, -0.15) is 4.98 Å². The molecule has 1 amide bonds. The van der Waals surface area contributed by atoms with Crippen LogP contribution in [0.5, 0.6) is 5.88 Å². The molecule has 8 nitrogen and oxygen atoms in total. The molecule has 1 aliphatic heterocycles. The Bertz CT molecular complexity index is 766. The fourth-order valence-electron chi connectivity index (χ4n) is 6.24. The van der Waals surface area contributed by atoms with Crippen molar-refractivity contribution in [3.8, 4) is 5.88 Å². The second-order valence-corrected chi connectivity index (χ2v) is 9.03. The summed E-state index contributed by atoms with van der Waals surface area (Å²) in [5, 5.41) is 3.30. The largest absolute Gasteiger partial charge is 0.466 e. The average Bonchev–Trinajstić information content (AvgIpc) is 2.66. The molecule has 4 aliphatic carbocycles. The van der Waals surface area contributed by atoms with E-state index in [9.17, 15) is 9.59 Å². The lowest BCUT2D eigenvalue weighted by Crippen LogP contribution is -2.60. The summed E-state index contributed by atoms with van der Waals surface area (Å²) in [5.74, 6) is 2.42. The highest BCUT2D eigenvalue weighted by atomic mass is 16.5. The number of carbonyl (C=O) groups is 1. The van der Waals surface area contributed by atoms with Crippen molar-refractivity contribution in [1.82, 2.24) is 15.3 Å². The van der Waals surface area contributed by atoms with Crippen molar-refractivity contribution >= 4 is 11.6 Å². The summed E-state index contributed by atoms with van der Waals surface area (Å²) < 4.78 is 11.1. The summed E-state index contributed by atoms with van der Waals surface area (Å²) >= 11 is 0. The lowest BCUT2D eigenvalue weighted by molar-refractivity contribution is -0.128. The van der Waals surface area contributed by atoms with E-state index in [2.05, 4.69) is 20.2 Å². The molecule has 1 aromatic heterocycles. The smallest absolute Gasteiger partial charge is 0.348 e. The summed E-state index contributed by atoms with van der Waals surface area (Å²) in [6, 6.07) is 0. The molecule has 2 heterocycles. The molecule has 1 aromatic rings. The van der Waals surface area contributed by atoms with E-state index in [1.54, 1.807) is 6.20 Å². The average molecular weight is 388 g/mol. The SMILES string of the molecule is O=C(COc1nc(=O)[nH]cc1N1CCOCC1)NC12CC3CC(CC(C3)C1)C2. The van der Waals surface area contributed by atoms with Gasteiger partial charge in [-0.1, -0.05) is 0 Å². The first-order valence-electron chi connectivity index (χ1n) is 10.4. The molecule has 0 unspecified atom stereocenters. The molecule has 5 fully saturated rings. The summed E-state index contributed by atoms with van der Waals surface area (Å²) in [7, 11) is 0. The minimum atomic E-state index is -0.478. The fraction of sp³-hybridized carbons (Fsp3) is 0.750. The number of morpholine rings is 1. The number of hydrogen-bond acceptors (Lipinski definition) is 6. The number of hydrogen-bond donors (Lipinski definition) is 2. The highest BCUT2D eigenvalue weighted by Crippen LogP contribution is 2.55. The van der Waals surface area contributed by atoms with E-state index in [1.165, 1.54) is 19.3 Å². The molecule has 5 aliphatic rings. The maximum Gasteiger partial charge on any atom is 0.348 e. The number of amides is 1. The zero-order valence-corrected chi connectivity index (χ0v) is 16.1. The van der Waals surface area contributed by atoms with Gasteiger partial charge in [-0.3, -0.25) is 4.79 Å². The van der Waals surface area contributed by atoms with Crippen LogP contribution in [0.2, 0.25) is 0 Å². The quantitative estimate of drug-likeness (QED) is 0.783. The second kappa shape index (κ2) is 7.06. The van der Waals surface area contributed by atoms with Crippen LogP contribution in [0, 0.1) is 17.8 Å². The molecule has 152 valence electrons. The Labute approximate surface area is 164 Å². The molecule has 1 saturated heterocycles. The Balaban J connectivity index is 1.24. The van der Waals surface area contributed by atoms with Crippen molar-refractivity contribution in [2.24, 2.45) is 17.8 Å². The third kappa shape index (κ3) is 3.50. The van der Waals surface area contributed by atoms with E-state index >= 15 is 0 Å². The van der Waals surface area contributed by atoms with Gasteiger partial charge in [-0.05, 0) is 56.3 Å². The highest BCUT2D eigenvalue weighted by Gasteiger charge is 2.51. The molecule has 0 radical (unpaired) electrons. The Morgan fingerprint density at radius 2 is 1.86 bits per heavy atom. The van der Waals surface area contributed by atoms with Gasteiger partial charge < -0.3 is 24.7 Å². The topological polar surface area (TPSA) is 96.5 Å². The summed E-state index contributed by atoms with van der Waals surface area (Å²) in [5.41, 5.74) is 0.183. The van der Waals surface area contributed by atoms with Crippen molar-refractivity contribution in [2.75, 3.05) is 37.8 Å². The van der Waals surface area contributed by atoms with Crippen LogP contribution in [-0.4, -0.2) is 54.3 Å². The number of aromatic amines is 1. The monoisotopic (exact) mass is 388 g/mol. The lowest BCUT2D eigenvalue weighted by Gasteiger charge is -2.56. The number of rotatable bonds is 5. The molecule has 6 rings (SSSR count). The van der Waals surface area contributed by atoms with Crippen molar-refractivity contribution < 1.29 is 14.3 Å².